The van der Waals surface area contributed by atoms with Crippen LogP contribution in [0, 0.1) is 10.8 Å². The van der Waals surface area contributed by atoms with Crippen LogP contribution in [-0.2, 0) is 6.18 Å². The van der Waals surface area contributed by atoms with Gasteiger partial charge in [0.1, 0.15) is 0 Å². The van der Waals surface area contributed by atoms with Gasteiger partial charge in [0.2, 0.25) is 0 Å². The molecule has 0 radical (unpaired) electrons. The van der Waals surface area contributed by atoms with Crippen LogP contribution >= 0.6 is 11.6 Å². The summed E-state index contributed by atoms with van der Waals surface area (Å²) >= 11 is 5.91. The summed E-state index contributed by atoms with van der Waals surface area (Å²) in [7, 11) is 0. The molecule has 1 fully saturated rings. The Morgan fingerprint density at radius 2 is 1.67 bits per heavy atom. The fourth-order valence-corrected chi connectivity index (χ4v) is 4.29. The third kappa shape index (κ3) is 8.13. The Balaban J connectivity index is 0.000000553. The van der Waals surface area contributed by atoms with Crippen LogP contribution in [0.3, 0.4) is 0 Å². The number of halogens is 4. The first-order valence-corrected chi connectivity index (χ1v) is 11.3. The SMILES string of the molecule is CCCC(C)(C)C.CCCC1(CCC)C[C@@H]1NC(=O)c1cc(C(F)(F)F)ccc1Cl. The molecule has 1 saturated carbocycles. The van der Waals surface area contributed by atoms with E-state index < -0.39 is 17.6 Å². The predicted octanol–water partition coefficient (Wildman–Crippen LogP) is 8.28. The molecule has 1 amide bonds. The van der Waals surface area contributed by atoms with Crippen LogP contribution in [-0.4, -0.2) is 11.9 Å². The van der Waals surface area contributed by atoms with Gasteiger partial charge in [0.25, 0.3) is 5.91 Å². The van der Waals surface area contributed by atoms with Gasteiger partial charge in [-0.3, -0.25) is 4.79 Å². The van der Waals surface area contributed by atoms with Gasteiger partial charge in [0, 0.05) is 6.04 Å². The van der Waals surface area contributed by atoms with E-state index in [0.29, 0.717) is 5.41 Å². The molecule has 1 N–H and O–H groups in total. The average Bonchev–Trinajstić information content (AvgIpc) is 3.25. The lowest BCUT2D eigenvalue weighted by Crippen LogP contribution is -2.30. The number of carbonyl (C=O) groups is 1. The molecule has 1 aliphatic carbocycles. The summed E-state index contributed by atoms with van der Waals surface area (Å²) in [6.07, 6.45) is 3.12. The van der Waals surface area contributed by atoms with Crippen LogP contribution in [0.4, 0.5) is 13.2 Å². The Bertz CT molecular complexity index is 689. The van der Waals surface area contributed by atoms with E-state index in [1.165, 1.54) is 12.8 Å². The molecule has 2 rings (SSSR count). The van der Waals surface area contributed by atoms with E-state index in [0.717, 1.165) is 50.3 Å². The minimum absolute atomic E-state index is 0.0282. The lowest BCUT2D eigenvalue weighted by molar-refractivity contribution is -0.137. The largest absolute Gasteiger partial charge is 0.416 e. The molecular formula is C24H37ClF3NO. The Hall–Kier alpha value is -1.23. The normalized spacial score (nSPS) is 17.7. The van der Waals surface area contributed by atoms with E-state index in [1.54, 1.807) is 0 Å². The minimum Gasteiger partial charge on any atom is -0.349 e. The van der Waals surface area contributed by atoms with Gasteiger partial charge < -0.3 is 5.32 Å². The van der Waals surface area contributed by atoms with Crippen molar-refractivity contribution in [1.29, 1.82) is 0 Å². The minimum atomic E-state index is -4.49. The number of hydrogen-bond donors (Lipinski definition) is 1. The van der Waals surface area contributed by atoms with Crippen molar-refractivity contribution in [2.24, 2.45) is 10.8 Å². The molecule has 0 bridgehead atoms. The quantitative estimate of drug-likeness (QED) is 0.447. The van der Waals surface area contributed by atoms with Crippen molar-refractivity contribution in [2.45, 2.75) is 98.7 Å². The number of amides is 1. The summed E-state index contributed by atoms with van der Waals surface area (Å²) in [6, 6.07) is 2.86. The molecule has 1 aromatic rings. The molecule has 30 heavy (non-hydrogen) atoms. The number of rotatable bonds is 7. The number of hydrogen-bond acceptors (Lipinski definition) is 1. The van der Waals surface area contributed by atoms with Crippen molar-refractivity contribution in [1.82, 2.24) is 5.32 Å². The first-order valence-electron chi connectivity index (χ1n) is 11.0. The van der Waals surface area contributed by atoms with Crippen molar-refractivity contribution in [2.75, 3.05) is 0 Å². The Morgan fingerprint density at radius 3 is 2.07 bits per heavy atom. The van der Waals surface area contributed by atoms with E-state index in [2.05, 4.69) is 46.9 Å². The van der Waals surface area contributed by atoms with Crippen molar-refractivity contribution < 1.29 is 18.0 Å². The zero-order valence-corrected chi connectivity index (χ0v) is 19.9. The molecule has 172 valence electrons. The summed E-state index contributed by atoms with van der Waals surface area (Å²) in [5.74, 6) is -0.528. The van der Waals surface area contributed by atoms with Crippen LogP contribution in [0.2, 0.25) is 5.02 Å². The average molecular weight is 448 g/mol. The van der Waals surface area contributed by atoms with E-state index in [4.69, 9.17) is 11.6 Å². The van der Waals surface area contributed by atoms with Crippen LogP contribution in [0.15, 0.2) is 18.2 Å². The van der Waals surface area contributed by atoms with Crippen LogP contribution in [0.25, 0.3) is 0 Å². The molecule has 2 nitrogen and oxygen atoms in total. The molecule has 1 atom stereocenters. The fourth-order valence-electron chi connectivity index (χ4n) is 4.09. The molecule has 0 aliphatic heterocycles. The Kier molecular flexibility index (Phi) is 9.72. The fraction of sp³-hybridized carbons (Fsp3) is 0.708. The predicted molar refractivity (Wildman–Crippen MR) is 119 cm³/mol. The summed E-state index contributed by atoms with van der Waals surface area (Å²) in [5.41, 5.74) is -0.325. The molecule has 0 spiro atoms. The molecule has 0 unspecified atom stereocenters. The van der Waals surface area contributed by atoms with E-state index in [1.807, 2.05) is 0 Å². The van der Waals surface area contributed by atoms with Gasteiger partial charge >= 0.3 is 6.18 Å². The highest BCUT2D eigenvalue weighted by atomic mass is 35.5. The third-order valence-electron chi connectivity index (χ3n) is 5.53. The maximum absolute atomic E-state index is 12.8. The van der Waals surface area contributed by atoms with E-state index in [-0.39, 0.29) is 22.0 Å². The standard InChI is InChI=1S/C17H21ClF3NO.C7H16/c1-3-7-16(8-4-2)10-14(16)22-15(23)12-9-11(17(19,20)21)5-6-13(12)18;1-5-6-7(2,3)4/h5-6,9,14H,3-4,7-8,10H2,1-2H3,(H,22,23);5-6H2,1-4H3/t14-;/m0./s1. The highest BCUT2D eigenvalue weighted by Gasteiger charge is 2.53. The monoisotopic (exact) mass is 447 g/mol. The first kappa shape index (κ1) is 26.8. The topological polar surface area (TPSA) is 29.1 Å². The number of nitrogens with one attached hydrogen (secondary N) is 1. The molecule has 0 heterocycles. The van der Waals surface area contributed by atoms with Crippen molar-refractivity contribution in [3.8, 4) is 0 Å². The van der Waals surface area contributed by atoms with Gasteiger partial charge in [0.15, 0.2) is 0 Å². The van der Waals surface area contributed by atoms with Crippen molar-refractivity contribution in [3.05, 3.63) is 34.3 Å². The maximum Gasteiger partial charge on any atom is 0.416 e. The van der Waals surface area contributed by atoms with E-state index >= 15 is 0 Å². The van der Waals surface area contributed by atoms with E-state index in [9.17, 15) is 18.0 Å². The highest BCUT2D eigenvalue weighted by Crippen LogP contribution is 2.53. The van der Waals surface area contributed by atoms with Gasteiger partial charge in [-0.15, -0.1) is 0 Å². The van der Waals surface area contributed by atoms with Gasteiger partial charge in [-0.2, -0.15) is 13.2 Å². The van der Waals surface area contributed by atoms with Crippen molar-refractivity contribution >= 4 is 17.5 Å². The molecule has 1 aromatic carbocycles. The number of benzene rings is 1. The summed E-state index contributed by atoms with van der Waals surface area (Å²) < 4.78 is 38.4. The molecular weight excluding hydrogens is 411 g/mol. The molecule has 0 aromatic heterocycles. The smallest absolute Gasteiger partial charge is 0.349 e. The van der Waals surface area contributed by atoms with Crippen molar-refractivity contribution in [3.63, 3.8) is 0 Å². The van der Waals surface area contributed by atoms with Gasteiger partial charge in [0.05, 0.1) is 16.1 Å². The van der Waals surface area contributed by atoms with Gasteiger partial charge in [-0.05, 0) is 54.7 Å². The second kappa shape index (κ2) is 10.9. The molecule has 6 heteroatoms. The van der Waals surface area contributed by atoms with Crippen LogP contribution in [0.1, 0.15) is 102 Å². The first-order chi connectivity index (χ1) is 13.8. The lowest BCUT2D eigenvalue weighted by Gasteiger charge is -2.16. The molecule has 1 aliphatic rings. The second-order valence-corrected chi connectivity index (χ2v) is 10.0. The zero-order valence-electron chi connectivity index (χ0n) is 19.2. The molecule has 0 saturated heterocycles. The van der Waals surface area contributed by atoms with Crippen LogP contribution in [0.5, 0.6) is 0 Å². The lowest BCUT2D eigenvalue weighted by atomic mass is 9.91. The summed E-state index contributed by atoms with van der Waals surface area (Å²) in [5, 5.41) is 2.89. The third-order valence-corrected chi connectivity index (χ3v) is 5.86. The zero-order chi connectivity index (χ0) is 23.2. The Morgan fingerprint density at radius 1 is 1.10 bits per heavy atom. The summed E-state index contributed by atoms with van der Waals surface area (Å²) in [6.45, 7) is 13.2. The number of carbonyl (C=O) groups excluding carboxylic acids is 1. The summed E-state index contributed by atoms with van der Waals surface area (Å²) in [4.78, 5) is 12.3. The maximum atomic E-state index is 12.8. The van der Waals surface area contributed by atoms with Gasteiger partial charge in [-0.25, -0.2) is 0 Å². The van der Waals surface area contributed by atoms with Crippen LogP contribution < -0.4 is 5.32 Å². The Labute approximate surface area is 185 Å². The highest BCUT2D eigenvalue weighted by molar-refractivity contribution is 6.33. The number of alkyl halides is 3. The second-order valence-electron chi connectivity index (χ2n) is 9.60. The van der Waals surface area contributed by atoms with Gasteiger partial charge in [-0.1, -0.05) is 72.4 Å².